The molecule has 106 valence electrons. The van der Waals surface area contributed by atoms with Crippen molar-refractivity contribution in [1.29, 1.82) is 0 Å². The molecule has 0 saturated heterocycles. The fourth-order valence-corrected chi connectivity index (χ4v) is 2.99. The predicted octanol–water partition coefficient (Wildman–Crippen LogP) is 5.80. The zero-order chi connectivity index (χ0) is 14.7. The molecule has 3 rings (SSSR count). The molecule has 0 aliphatic carbocycles. The van der Waals surface area contributed by atoms with Crippen molar-refractivity contribution in [3.8, 4) is 0 Å². The smallest absolute Gasteiger partial charge is 0.0453 e. The summed E-state index contributed by atoms with van der Waals surface area (Å²) in [5, 5.41) is 7.35. The second-order valence-corrected chi connectivity index (χ2v) is 5.75. The number of fused-ring (bicyclic) bond motifs is 1. The largest absolute Gasteiger partial charge is 0.385 e. The van der Waals surface area contributed by atoms with Crippen LogP contribution in [-0.2, 0) is 6.42 Å². The summed E-state index contributed by atoms with van der Waals surface area (Å²) in [6.07, 6.45) is 0.797. The van der Waals surface area contributed by atoms with E-state index in [1.165, 1.54) is 10.8 Å². The third kappa shape index (κ3) is 3.31. The lowest BCUT2D eigenvalue weighted by atomic mass is 10.1. The normalized spacial score (nSPS) is 10.8. The molecule has 3 heteroatoms. The molecule has 3 aromatic rings. The van der Waals surface area contributed by atoms with Crippen LogP contribution in [0.15, 0.2) is 60.7 Å². The Kier molecular flexibility index (Phi) is 4.33. The number of hydrogen-bond acceptors (Lipinski definition) is 1. The number of halogens is 2. The minimum atomic E-state index is 0.725. The van der Waals surface area contributed by atoms with Crippen LogP contribution in [-0.4, -0.2) is 6.54 Å². The van der Waals surface area contributed by atoms with Gasteiger partial charge < -0.3 is 5.32 Å². The first-order valence-corrected chi connectivity index (χ1v) is 7.65. The molecule has 0 bridgehead atoms. The summed E-state index contributed by atoms with van der Waals surface area (Å²) in [6, 6.07) is 20.3. The summed E-state index contributed by atoms with van der Waals surface area (Å²) in [6.45, 7) is 0.793. The molecule has 0 aliphatic heterocycles. The van der Waals surface area contributed by atoms with Crippen LogP contribution in [0.2, 0.25) is 10.0 Å². The zero-order valence-electron chi connectivity index (χ0n) is 11.4. The van der Waals surface area contributed by atoms with E-state index in [0.717, 1.165) is 34.3 Å². The third-order valence-corrected chi connectivity index (χ3v) is 4.22. The highest BCUT2D eigenvalue weighted by molar-refractivity contribution is 6.36. The van der Waals surface area contributed by atoms with Crippen LogP contribution in [0, 0.1) is 0 Å². The van der Waals surface area contributed by atoms with Crippen LogP contribution in [0.1, 0.15) is 5.56 Å². The molecule has 0 heterocycles. The fourth-order valence-electron chi connectivity index (χ4n) is 2.40. The van der Waals surface area contributed by atoms with E-state index in [2.05, 4.69) is 47.8 Å². The molecule has 0 unspecified atom stereocenters. The number of rotatable bonds is 4. The molecule has 0 fully saturated rings. The maximum Gasteiger partial charge on any atom is 0.0453 e. The standard InChI is InChI=1S/C18H15Cl2N/c19-17-6-3-7-18(20)16(17)10-11-21-15-9-8-13-4-1-2-5-14(13)12-15/h1-9,12,21H,10-11H2. The Morgan fingerprint density at radius 1 is 0.762 bits per heavy atom. The summed E-state index contributed by atoms with van der Waals surface area (Å²) >= 11 is 12.4. The average molecular weight is 316 g/mol. The van der Waals surface area contributed by atoms with Gasteiger partial charge in [0, 0.05) is 22.3 Å². The van der Waals surface area contributed by atoms with Crippen molar-refractivity contribution in [2.75, 3.05) is 11.9 Å². The van der Waals surface area contributed by atoms with Crippen molar-refractivity contribution in [3.63, 3.8) is 0 Å². The number of nitrogens with one attached hydrogen (secondary N) is 1. The number of hydrogen-bond donors (Lipinski definition) is 1. The molecule has 21 heavy (non-hydrogen) atoms. The van der Waals surface area contributed by atoms with E-state index in [-0.39, 0.29) is 0 Å². The van der Waals surface area contributed by atoms with Crippen LogP contribution in [0.25, 0.3) is 10.8 Å². The SMILES string of the molecule is Clc1cccc(Cl)c1CCNc1ccc2ccccc2c1. The van der Waals surface area contributed by atoms with Crippen molar-refractivity contribution >= 4 is 39.7 Å². The molecular formula is C18H15Cl2N. The van der Waals surface area contributed by atoms with Gasteiger partial charge in [-0.15, -0.1) is 0 Å². The Morgan fingerprint density at radius 2 is 1.48 bits per heavy atom. The summed E-state index contributed by atoms with van der Waals surface area (Å²) < 4.78 is 0. The second-order valence-electron chi connectivity index (χ2n) is 4.94. The van der Waals surface area contributed by atoms with Gasteiger partial charge in [-0.05, 0) is 47.0 Å². The Hall–Kier alpha value is -1.70. The first-order chi connectivity index (χ1) is 10.2. The molecule has 0 amide bonds. The van der Waals surface area contributed by atoms with Crippen molar-refractivity contribution in [3.05, 3.63) is 76.3 Å². The van der Waals surface area contributed by atoms with E-state index in [4.69, 9.17) is 23.2 Å². The molecule has 0 radical (unpaired) electrons. The van der Waals surface area contributed by atoms with Gasteiger partial charge in [0.25, 0.3) is 0 Å². The van der Waals surface area contributed by atoms with Gasteiger partial charge in [-0.1, -0.05) is 59.6 Å². The zero-order valence-corrected chi connectivity index (χ0v) is 13.0. The Bertz CT molecular complexity index is 748. The quantitative estimate of drug-likeness (QED) is 0.641. The van der Waals surface area contributed by atoms with E-state index < -0.39 is 0 Å². The van der Waals surface area contributed by atoms with Gasteiger partial charge in [-0.2, -0.15) is 0 Å². The molecular weight excluding hydrogens is 301 g/mol. The van der Waals surface area contributed by atoms with Crippen LogP contribution in [0.3, 0.4) is 0 Å². The highest BCUT2D eigenvalue weighted by atomic mass is 35.5. The highest BCUT2D eigenvalue weighted by Gasteiger charge is 2.04. The van der Waals surface area contributed by atoms with Gasteiger partial charge in [0.15, 0.2) is 0 Å². The first kappa shape index (κ1) is 14.2. The molecule has 0 atom stereocenters. The summed E-state index contributed by atoms with van der Waals surface area (Å²) in [7, 11) is 0. The lowest BCUT2D eigenvalue weighted by Crippen LogP contribution is -2.05. The molecule has 1 nitrogen and oxygen atoms in total. The lowest BCUT2D eigenvalue weighted by Gasteiger charge is -2.10. The maximum atomic E-state index is 6.18. The van der Waals surface area contributed by atoms with Crippen LogP contribution in [0.4, 0.5) is 5.69 Å². The topological polar surface area (TPSA) is 12.0 Å². The summed E-state index contributed by atoms with van der Waals surface area (Å²) in [4.78, 5) is 0. The number of anilines is 1. The average Bonchev–Trinajstić information content (AvgIpc) is 2.50. The van der Waals surface area contributed by atoms with Crippen LogP contribution >= 0.6 is 23.2 Å². The lowest BCUT2D eigenvalue weighted by molar-refractivity contribution is 1.02. The van der Waals surface area contributed by atoms with Crippen molar-refractivity contribution in [2.45, 2.75) is 6.42 Å². The van der Waals surface area contributed by atoms with E-state index in [1.807, 2.05) is 18.2 Å². The van der Waals surface area contributed by atoms with E-state index in [0.29, 0.717) is 0 Å². The Balaban J connectivity index is 1.69. The van der Waals surface area contributed by atoms with Gasteiger partial charge in [0.05, 0.1) is 0 Å². The molecule has 0 saturated carbocycles. The fraction of sp³-hybridized carbons (Fsp3) is 0.111. The molecule has 3 aromatic carbocycles. The second kappa shape index (κ2) is 6.38. The van der Waals surface area contributed by atoms with Crippen molar-refractivity contribution < 1.29 is 0 Å². The molecule has 0 aliphatic rings. The third-order valence-electron chi connectivity index (χ3n) is 3.52. The van der Waals surface area contributed by atoms with E-state index in [9.17, 15) is 0 Å². The van der Waals surface area contributed by atoms with Gasteiger partial charge in [-0.3, -0.25) is 0 Å². The highest BCUT2D eigenvalue weighted by Crippen LogP contribution is 2.25. The van der Waals surface area contributed by atoms with Crippen LogP contribution < -0.4 is 5.32 Å². The Morgan fingerprint density at radius 3 is 2.24 bits per heavy atom. The van der Waals surface area contributed by atoms with Crippen molar-refractivity contribution in [2.24, 2.45) is 0 Å². The Labute approximate surface area is 134 Å². The van der Waals surface area contributed by atoms with E-state index in [1.54, 1.807) is 0 Å². The monoisotopic (exact) mass is 315 g/mol. The van der Waals surface area contributed by atoms with Gasteiger partial charge >= 0.3 is 0 Å². The van der Waals surface area contributed by atoms with E-state index >= 15 is 0 Å². The van der Waals surface area contributed by atoms with Gasteiger partial charge in [0.2, 0.25) is 0 Å². The predicted molar refractivity (Wildman–Crippen MR) is 92.6 cm³/mol. The minimum Gasteiger partial charge on any atom is -0.385 e. The van der Waals surface area contributed by atoms with Gasteiger partial charge in [0.1, 0.15) is 0 Å². The van der Waals surface area contributed by atoms with Crippen LogP contribution in [0.5, 0.6) is 0 Å². The minimum absolute atomic E-state index is 0.725. The molecule has 0 aromatic heterocycles. The first-order valence-electron chi connectivity index (χ1n) is 6.89. The molecule has 0 spiro atoms. The molecule has 1 N–H and O–H groups in total. The van der Waals surface area contributed by atoms with Crippen molar-refractivity contribution in [1.82, 2.24) is 0 Å². The summed E-state index contributed by atoms with van der Waals surface area (Å²) in [5.41, 5.74) is 2.10. The maximum absolute atomic E-state index is 6.18. The van der Waals surface area contributed by atoms with Gasteiger partial charge in [-0.25, -0.2) is 0 Å². The number of benzene rings is 3. The summed E-state index contributed by atoms with van der Waals surface area (Å²) in [5.74, 6) is 0.